The Balaban J connectivity index is 2.51. The minimum atomic E-state index is 0.334. The maximum atomic E-state index is 5.94. The summed E-state index contributed by atoms with van der Waals surface area (Å²) in [6.07, 6.45) is 0. The molecule has 0 amide bonds. The second kappa shape index (κ2) is 5.88. The van der Waals surface area contributed by atoms with Gasteiger partial charge in [-0.25, -0.2) is 0 Å². The van der Waals surface area contributed by atoms with E-state index in [0.29, 0.717) is 11.3 Å². The molecule has 0 fully saturated rings. The normalized spacial score (nSPS) is 12.2. The van der Waals surface area contributed by atoms with Crippen molar-refractivity contribution in [2.75, 3.05) is 6.54 Å². The van der Waals surface area contributed by atoms with Crippen LogP contribution in [0.5, 0.6) is 0 Å². The van der Waals surface area contributed by atoms with Gasteiger partial charge in [0.25, 0.3) is 0 Å². The van der Waals surface area contributed by atoms with Gasteiger partial charge in [-0.1, -0.05) is 45.4 Å². The molecule has 2 heteroatoms. The van der Waals surface area contributed by atoms with Crippen molar-refractivity contribution in [3.8, 4) is 0 Å². The number of rotatable bonds is 5. The van der Waals surface area contributed by atoms with Crippen LogP contribution in [0.1, 0.15) is 38.8 Å². The molecule has 1 aromatic rings. The number of aryl methyl sites for hydroxylation is 1. The molecule has 0 heterocycles. The third-order valence-corrected chi connectivity index (χ3v) is 4.00. The molecular weight excluding hydrogens is 230 g/mol. The van der Waals surface area contributed by atoms with Gasteiger partial charge in [0.1, 0.15) is 0 Å². The molecule has 0 bridgehead atoms. The zero-order valence-electron chi connectivity index (χ0n) is 11.6. The number of hydrogen-bond acceptors (Lipinski definition) is 1. The van der Waals surface area contributed by atoms with Crippen molar-refractivity contribution in [1.29, 1.82) is 0 Å². The molecule has 1 nitrogen and oxygen atoms in total. The van der Waals surface area contributed by atoms with Crippen LogP contribution in [0.15, 0.2) is 18.2 Å². The molecule has 0 aliphatic carbocycles. The van der Waals surface area contributed by atoms with Crippen molar-refractivity contribution in [2.45, 2.75) is 41.2 Å². The van der Waals surface area contributed by atoms with Crippen molar-refractivity contribution in [1.82, 2.24) is 5.32 Å². The van der Waals surface area contributed by atoms with Crippen molar-refractivity contribution < 1.29 is 0 Å². The van der Waals surface area contributed by atoms with Gasteiger partial charge in [-0.05, 0) is 41.5 Å². The summed E-state index contributed by atoms with van der Waals surface area (Å²) in [5, 5.41) is 4.35. The van der Waals surface area contributed by atoms with Crippen molar-refractivity contribution in [3.63, 3.8) is 0 Å². The van der Waals surface area contributed by atoms with Crippen LogP contribution in [0.4, 0.5) is 0 Å². The van der Waals surface area contributed by atoms with Gasteiger partial charge in [-0.3, -0.25) is 0 Å². The van der Waals surface area contributed by atoms with E-state index < -0.39 is 0 Å². The molecule has 1 aromatic carbocycles. The molecule has 0 aromatic heterocycles. The first-order chi connectivity index (χ1) is 7.83. The van der Waals surface area contributed by atoms with Crippen molar-refractivity contribution in [3.05, 3.63) is 34.3 Å². The molecule has 0 aliphatic rings. The maximum Gasteiger partial charge on any atom is 0.0408 e. The van der Waals surface area contributed by atoms with Crippen LogP contribution in [0.25, 0.3) is 0 Å². The number of halogens is 1. The molecule has 1 N–H and O–H groups in total. The van der Waals surface area contributed by atoms with E-state index in [0.717, 1.165) is 18.1 Å². The molecule has 0 aliphatic heterocycles. The Labute approximate surface area is 111 Å². The second-order valence-electron chi connectivity index (χ2n) is 5.82. The SMILES string of the molecule is Cc1cc(Cl)ccc1CNCC(C)(C)C(C)C. The molecule has 0 atom stereocenters. The number of benzene rings is 1. The summed E-state index contributed by atoms with van der Waals surface area (Å²) >= 11 is 5.94. The lowest BCUT2D eigenvalue weighted by Gasteiger charge is -2.29. The Morgan fingerprint density at radius 3 is 2.47 bits per heavy atom. The predicted molar refractivity (Wildman–Crippen MR) is 76.5 cm³/mol. The Morgan fingerprint density at radius 1 is 1.29 bits per heavy atom. The van der Waals surface area contributed by atoms with Crippen molar-refractivity contribution >= 4 is 11.6 Å². The summed E-state index contributed by atoms with van der Waals surface area (Å²) in [6.45, 7) is 13.2. The second-order valence-corrected chi connectivity index (χ2v) is 6.25. The highest BCUT2D eigenvalue weighted by atomic mass is 35.5. The van der Waals surface area contributed by atoms with E-state index in [4.69, 9.17) is 11.6 Å². The molecule has 0 spiro atoms. The van der Waals surface area contributed by atoms with Crippen LogP contribution in [0.3, 0.4) is 0 Å². The quantitative estimate of drug-likeness (QED) is 0.819. The van der Waals surface area contributed by atoms with Crippen LogP contribution in [-0.2, 0) is 6.54 Å². The van der Waals surface area contributed by atoms with Gasteiger partial charge in [0.05, 0.1) is 0 Å². The van der Waals surface area contributed by atoms with E-state index in [9.17, 15) is 0 Å². The maximum absolute atomic E-state index is 5.94. The minimum absolute atomic E-state index is 0.334. The molecule has 0 radical (unpaired) electrons. The van der Waals surface area contributed by atoms with Crippen molar-refractivity contribution in [2.24, 2.45) is 11.3 Å². The lowest BCUT2D eigenvalue weighted by atomic mass is 9.81. The van der Waals surface area contributed by atoms with Crippen LogP contribution < -0.4 is 5.32 Å². The van der Waals surface area contributed by atoms with E-state index in [2.05, 4.69) is 46.0 Å². The fourth-order valence-corrected chi connectivity index (χ4v) is 1.81. The predicted octanol–water partition coefficient (Wildman–Crippen LogP) is 4.42. The highest BCUT2D eigenvalue weighted by Crippen LogP contribution is 2.25. The third kappa shape index (κ3) is 4.33. The van der Waals surface area contributed by atoms with Gasteiger partial charge >= 0.3 is 0 Å². The standard InChI is InChI=1S/C15H24ClN/c1-11(2)15(4,5)10-17-9-13-6-7-14(16)8-12(13)3/h6-8,11,17H,9-10H2,1-5H3. The summed E-state index contributed by atoms with van der Waals surface area (Å²) in [6, 6.07) is 6.08. The molecule has 0 saturated carbocycles. The first-order valence-corrected chi connectivity index (χ1v) is 6.66. The van der Waals surface area contributed by atoms with Crippen LogP contribution in [0, 0.1) is 18.3 Å². The number of hydrogen-bond donors (Lipinski definition) is 1. The third-order valence-electron chi connectivity index (χ3n) is 3.76. The average Bonchev–Trinajstić information content (AvgIpc) is 2.21. The van der Waals surface area contributed by atoms with Crippen LogP contribution >= 0.6 is 11.6 Å². The fraction of sp³-hybridized carbons (Fsp3) is 0.600. The fourth-order valence-electron chi connectivity index (χ4n) is 1.58. The lowest BCUT2D eigenvalue weighted by molar-refractivity contribution is 0.238. The van der Waals surface area contributed by atoms with Gasteiger partial charge < -0.3 is 5.32 Å². The lowest BCUT2D eigenvalue weighted by Crippen LogP contribution is -2.33. The highest BCUT2D eigenvalue weighted by molar-refractivity contribution is 6.30. The van der Waals surface area contributed by atoms with Crippen LogP contribution in [-0.4, -0.2) is 6.54 Å². The molecule has 17 heavy (non-hydrogen) atoms. The summed E-state index contributed by atoms with van der Waals surface area (Å²) in [4.78, 5) is 0. The van der Waals surface area contributed by atoms with E-state index >= 15 is 0 Å². The summed E-state index contributed by atoms with van der Waals surface area (Å²) in [5.74, 6) is 0.682. The largest absolute Gasteiger partial charge is 0.312 e. The Kier molecular flexibility index (Phi) is 5.03. The molecule has 96 valence electrons. The van der Waals surface area contributed by atoms with Gasteiger partial charge in [0.2, 0.25) is 0 Å². The Morgan fingerprint density at radius 2 is 1.94 bits per heavy atom. The minimum Gasteiger partial charge on any atom is -0.312 e. The van der Waals surface area contributed by atoms with E-state index in [1.165, 1.54) is 11.1 Å². The zero-order valence-corrected chi connectivity index (χ0v) is 12.4. The molecule has 0 unspecified atom stereocenters. The summed E-state index contributed by atoms with van der Waals surface area (Å²) in [7, 11) is 0. The van der Waals surface area contributed by atoms with Crippen LogP contribution in [0.2, 0.25) is 5.02 Å². The van der Waals surface area contributed by atoms with Gasteiger partial charge in [0, 0.05) is 18.1 Å². The zero-order chi connectivity index (χ0) is 13.1. The summed E-state index contributed by atoms with van der Waals surface area (Å²) < 4.78 is 0. The number of nitrogens with one attached hydrogen (secondary N) is 1. The van der Waals surface area contributed by atoms with Gasteiger partial charge in [0.15, 0.2) is 0 Å². The Bertz CT molecular complexity index is 369. The van der Waals surface area contributed by atoms with E-state index in [1.807, 2.05) is 12.1 Å². The van der Waals surface area contributed by atoms with Gasteiger partial charge in [-0.15, -0.1) is 0 Å². The smallest absolute Gasteiger partial charge is 0.0408 e. The summed E-state index contributed by atoms with van der Waals surface area (Å²) in [5.41, 5.74) is 2.92. The first-order valence-electron chi connectivity index (χ1n) is 6.28. The molecule has 1 rings (SSSR count). The topological polar surface area (TPSA) is 12.0 Å². The monoisotopic (exact) mass is 253 g/mol. The Hall–Kier alpha value is -0.530. The molecule has 0 saturated heterocycles. The van der Waals surface area contributed by atoms with E-state index in [-0.39, 0.29) is 0 Å². The van der Waals surface area contributed by atoms with E-state index in [1.54, 1.807) is 0 Å². The van der Waals surface area contributed by atoms with Gasteiger partial charge in [-0.2, -0.15) is 0 Å². The first kappa shape index (κ1) is 14.5. The molecular formula is C15H24ClN. The highest BCUT2D eigenvalue weighted by Gasteiger charge is 2.21. The average molecular weight is 254 g/mol.